The van der Waals surface area contributed by atoms with E-state index in [9.17, 15) is 19.1 Å². The third-order valence-electron chi connectivity index (χ3n) is 5.02. The maximum absolute atomic E-state index is 13.3. The van der Waals surface area contributed by atoms with Crippen molar-refractivity contribution < 1.29 is 19.1 Å². The van der Waals surface area contributed by atoms with Crippen LogP contribution in [0.4, 0.5) is 9.52 Å². The number of carbonyl (C=O) groups excluding carboxylic acids is 2. The topological polar surface area (TPSA) is 83.4 Å². The zero-order valence-corrected chi connectivity index (χ0v) is 16.7. The Morgan fingerprint density at radius 2 is 1.74 bits per heavy atom. The maximum atomic E-state index is 13.3. The lowest BCUT2D eigenvalue weighted by atomic mass is 9.98. The Hall–Kier alpha value is -3.91. The summed E-state index contributed by atoms with van der Waals surface area (Å²) in [6.07, 6.45) is 1.55. The summed E-state index contributed by atoms with van der Waals surface area (Å²) in [6.45, 7) is 0. The number of benzene rings is 2. The molecular weight excluding hydrogens is 417 g/mol. The lowest BCUT2D eigenvalue weighted by Crippen LogP contribution is -2.29. The molecule has 5 rings (SSSR count). The monoisotopic (exact) mass is 431 g/mol. The highest BCUT2D eigenvalue weighted by Crippen LogP contribution is 2.43. The number of Topliss-reactive ketones (excluding diaryl/α,β-unsaturated/α-hetero) is 1. The summed E-state index contributed by atoms with van der Waals surface area (Å²) in [5.41, 5.74) is 1.21. The fraction of sp³-hybridized carbons (Fsp3) is 0.0435. The second-order valence-corrected chi connectivity index (χ2v) is 7.90. The predicted molar refractivity (Wildman–Crippen MR) is 115 cm³/mol. The van der Waals surface area contributed by atoms with Crippen molar-refractivity contribution in [2.24, 2.45) is 0 Å². The van der Waals surface area contributed by atoms with Gasteiger partial charge in [0, 0.05) is 11.8 Å². The first-order chi connectivity index (χ1) is 15.0. The number of amides is 1. The van der Waals surface area contributed by atoms with Crippen molar-refractivity contribution in [3.05, 3.63) is 95.6 Å². The number of hydrogen-bond acceptors (Lipinski definition) is 6. The van der Waals surface area contributed by atoms with Gasteiger partial charge in [-0.05, 0) is 48.5 Å². The number of halogens is 1. The summed E-state index contributed by atoms with van der Waals surface area (Å²) >= 11 is 1.27. The molecule has 1 atom stereocenters. The number of aromatic nitrogens is 2. The molecule has 3 heterocycles. The average Bonchev–Trinajstić information content (AvgIpc) is 3.33. The van der Waals surface area contributed by atoms with Crippen LogP contribution in [0.15, 0.2) is 78.5 Å². The van der Waals surface area contributed by atoms with Gasteiger partial charge in [-0.1, -0.05) is 29.5 Å². The van der Waals surface area contributed by atoms with Gasteiger partial charge >= 0.3 is 5.91 Å². The molecule has 1 saturated heterocycles. The van der Waals surface area contributed by atoms with Gasteiger partial charge in [-0.15, -0.1) is 0 Å². The molecule has 0 bridgehead atoms. The van der Waals surface area contributed by atoms with Crippen LogP contribution in [-0.2, 0) is 9.59 Å². The van der Waals surface area contributed by atoms with Crippen LogP contribution in [0.1, 0.15) is 17.3 Å². The van der Waals surface area contributed by atoms with Crippen LogP contribution in [0.3, 0.4) is 0 Å². The second-order valence-electron chi connectivity index (χ2n) is 6.89. The maximum Gasteiger partial charge on any atom is 0.301 e. The van der Waals surface area contributed by atoms with Crippen molar-refractivity contribution in [3.63, 3.8) is 0 Å². The molecule has 6 nitrogen and oxygen atoms in total. The van der Waals surface area contributed by atoms with Crippen LogP contribution < -0.4 is 4.90 Å². The molecule has 0 saturated carbocycles. The highest BCUT2D eigenvalue weighted by molar-refractivity contribution is 7.22. The molecule has 2 aromatic carbocycles. The molecular formula is C23H14FN3O3S. The number of aliphatic hydroxyl groups excluding tert-OH is 1. The molecule has 31 heavy (non-hydrogen) atoms. The van der Waals surface area contributed by atoms with Crippen LogP contribution in [-0.4, -0.2) is 26.8 Å². The Morgan fingerprint density at radius 1 is 1.00 bits per heavy atom. The van der Waals surface area contributed by atoms with Crippen molar-refractivity contribution in [1.29, 1.82) is 0 Å². The highest BCUT2D eigenvalue weighted by Gasteiger charge is 2.48. The number of thiazole rings is 1. The Morgan fingerprint density at radius 3 is 2.45 bits per heavy atom. The van der Waals surface area contributed by atoms with E-state index >= 15 is 0 Å². The van der Waals surface area contributed by atoms with Gasteiger partial charge in [0.1, 0.15) is 17.6 Å². The Balaban J connectivity index is 1.73. The molecule has 0 aliphatic carbocycles. The third-order valence-corrected chi connectivity index (χ3v) is 6.05. The van der Waals surface area contributed by atoms with E-state index in [0.29, 0.717) is 16.3 Å². The molecule has 4 aromatic rings. The SMILES string of the molecule is O=C1C(=O)N(c2nc3ccccc3s2)C(c2ccccn2)/C1=C(\O)c1ccc(F)cc1. The van der Waals surface area contributed by atoms with Gasteiger partial charge in [-0.2, -0.15) is 0 Å². The molecule has 0 spiro atoms. The summed E-state index contributed by atoms with van der Waals surface area (Å²) in [7, 11) is 0. The van der Waals surface area contributed by atoms with Crippen molar-refractivity contribution in [1.82, 2.24) is 9.97 Å². The number of carbonyl (C=O) groups is 2. The van der Waals surface area contributed by atoms with Crippen LogP contribution in [0.5, 0.6) is 0 Å². The molecule has 8 heteroatoms. The van der Waals surface area contributed by atoms with Crippen molar-refractivity contribution in [2.45, 2.75) is 6.04 Å². The van der Waals surface area contributed by atoms with E-state index in [1.165, 1.54) is 40.5 Å². The molecule has 1 amide bonds. The fourth-order valence-electron chi connectivity index (χ4n) is 3.57. The first kappa shape index (κ1) is 19.1. The largest absolute Gasteiger partial charge is 0.507 e. The number of anilines is 1. The molecule has 2 aromatic heterocycles. The summed E-state index contributed by atoms with van der Waals surface area (Å²) < 4.78 is 14.2. The zero-order valence-electron chi connectivity index (χ0n) is 15.9. The Labute approximate surface area is 179 Å². The van der Waals surface area contributed by atoms with Crippen LogP contribution in [0, 0.1) is 5.82 Å². The third kappa shape index (κ3) is 3.17. The van der Waals surface area contributed by atoms with E-state index in [1.54, 1.807) is 24.4 Å². The van der Waals surface area contributed by atoms with E-state index in [2.05, 4.69) is 9.97 Å². The normalized spacial score (nSPS) is 18.1. The van der Waals surface area contributed by atoms with Gasteiger partial charge in [0.25, 0.3) is 5.78 Å². The predicted octanol–water partition coefficient (Wildman–Crippen LogP) is 4.46. The van der Waals surface area contributed by atoms with Gasteiger partial charge in [0.15, 0.2) is 5.13 Å². The summed E-state index contributed by atoms with van der Waals surface area (Å²) in [4.78, 5) is 36.2. The average molecular weight is 431 g/mol. The van der Waals surface area contributed by atoms with Crippen molar-refractivity contribution in [3.8, 4) is 0 Å². The summed E-state index contributed by atoms with van der Waals surface area (Å²) in [5, 5.41) is 11.3. The van der Waals surface area contributed by atoms with Gasteiger partial charge in [0.05, 0.1) is 21.5 Å². The van der Waals surface area contributed by atoms with Gasteiger partial charge in [-0.25, -0.2) is 9.37 Å². The Bertz CT molecular complexity index is 1320. The molecule has 0 radical (unpaired) electrons. The quantitative estimate of drug-likeness (QED) is 0.294. The number of para-hydroxylation sites is 1. The Kier molecular flexibility index (Phi) is 4.56. The molecule has 1 unspecified atom stereocenters. The standard InChI is InChI=1S/C23H14FN3O3S/c24-14-10-8-13(9-11-14)20(28)18-19(16-6-3-4-12-25-16)27(22(30)21(18)29)23-26-15-5-1-2-7-17(15)31-23/h1-12,19,28H/b20-18+. The summed E-state index contributed by atoms with van der Waals surface area (Å²) in [6, 6.07) is 16.6. The highest BCUT2D eigenvalue weighted by atomic mass is 32.1. The minimum atomic E-state index is -0.966. The minimum Gasteiger partial charge on any atom is -0.507 e. The zero-order chi connectivity index (χ0) is 21.5. The summed E-state index contributed by atoms with van der Waals surface area (Å²) in [5.74, 6) is -2.53. The molecule has 1 N–H and O–H groups in total. The number of aliphatic hydroxyl groups is 1. The lowest BCUT2D eigenvalue weighted by molar-refractivity contribution is -0.132. The van der Waals surface area contributed by atoms with Crippen molar-refractivity contribution in [2.75, 3.05) is 4.90 Å². The van der Waals surface area contributed by atoms with Gasteiger partial charge < -0.3 is 5.11 Å². The fourth-order valence-corrected chi connectivity index (χ4v) is 4.57. The van der Waals surface area contributed by atoms with Gasteiger partial charge in [0.2, 0.25) is 0 Å². The number of nitrogens with zero attached hydrogens (tertiary/aromatic N) is 3. The molecule has 152 valence electrons. The number of rotatable bonds is 3. The van der Waals surface area contributed by atoms with Crippen LogP contribution >= 0.6 is 11.3 Å². The lowest BCUT2D eigenvalue weighted by Gasteiger charge is -2.21. The second kappa shape index (κ2) is 7.41. The minimum absolute atomic E-state index is 0.116. The number of pyridine rings is 1. The molecule has 1 aliphatic rings. The van der Waals surface area contributed by atoms with Gasteiger partial charge in [-0.3, -0.25) is 19.5 Å². The van der Waals surface area contributed by atoms with E-state index in [4.69, 9.17) is 0 Å². The number of ketones is 1. The van der Waals surface area contributed by atoms with Crippen molar-refractivity contribution >= 4 is 44.1 Å². The molecule has 1 aliphatic heterocycles. The first-order valence-corrected chi connectivity index (χ1v) is 10.2. The van der Waals surface area contributed by atoms with Crippen LogP contribution in [0.2, 0.25) is 0 Å². The first-order valence-electron chi connectivity index (χ1n) is 9.38. The molecule has 1 fully saturated rings. The van der Waals surface area contributed by atoms with E-state index in [1.807, 2.05) is 24.3 Å². The van der Waals surface area contributed by atoms with E-state index in [0.717, 1.165) is 4.70 Å². The smallest absolute Gasteiger partial charge is 0.301 e. The van der Waals surface area contributed by atoms with E-state index < -0.39 is 29.3 Å². The number of hydrogen-bond donors (Lipinski definition) is 1. The van der Waals surface area contributed by atoms with Crippen LogP contribution in [0.25, 0.3) is 16.0 Å². The number of fused-ring (bicyclic) bond motifs is 1. The van der Waals surface area contributed by atoms with E-state index in [-0.39, 0.29) is 11.1 Å².